The van der Waals surface area contributed by atoms with Gasteiger partial charge in [-0.05, 0) is 35.7 Å². The fraction of sp³-hybridized carbons (Fsp3) is 0. The summed E-state index contributed by atoms with van der Waals surface area (Å²) in [7, 11) is 0. The van der Waals surface area contributed by atoms with E-state index >= 15 is 0 Å². The van der Waals surface area contributed by atoms with Crippen molar-refractivity contribution in [3.63, 3.8) is 0 Å². The molecule has 2 heterocycles. The van der Waals surface area contributed by atoms with Crippen molar-refractivity contribution in [1.29, 1.82) is 0 Å². The van der Waals surface area contributed by atoms with E-state index in [1.54, 1.807) is 30.3 Å². The van der Waals surface area contributed by atoms with Crippen LogP contribution in [0.25, 0.3) is 10.6 Å². The summed E-state index contributed by atoms with van der Waals surface area (Å²) >= 11 is 1.42. The predicted molar refractivity (Wildman–Crippen MR) is 84.2 cm³/mol. The van der Waals surface area contributed by atoms with Crippen LogP contribution in [-0.4, -0.2) is 21.1 Å². The largest absolute Gasteiger partial charge is 0.366 e. The quantitative estimate of drug-likeness (QED) is 0.679. The molecule has 8 heteroatoms. The molecule has 110 valence electrons. The van der Waals surface area contributed by atoms with Gasteiger partial charge in [0.25, 0.3) is 5.56 Å². The minimum absolute atomic E-state index is 0.220. The second-order valence-electron chi connectivity index (χ2n) is 4.40. The number of nitrogens with zero attached hydrogens (tertiary/aromatic N) is 2. The Balaban J connectivity index is 1.83. The molecule has 0 aliphatic heterocycles. The Morgan fingerprint density at radius 2 is 1.95 bits per heavy atom. The number of thiophene rings is 1. The van der Waals surface area contributed by atoms with Crippen molar-refractivity contribution in [1.82, 2.24) is 15.2 Å². The molecule has 22 heavy (non-hydrogen) atoms. The molecule has 0 bridgehead atoms. The van der Waals surface area contributed by atoms with E-state index in [-0.39, 0.29) is 17.2 Å². The number of nitrogens with one attached hydrogen (secondary N) is 2. The van der Waals surface area contributed by atoms with Gasteiger partial charge in [-0.1, -0.05) is 6.07 Å². The Labute approximate surface area is 128 Å². The van der Waals surface area contributed by atoms with Gasteiger partial charge in [0.05, 0.1) is 4.88 Å². The first-order valence-corrected chi connectivity index (χ1v) is 7.19. The summed E-state index contributed by atoms with van der Waals surface area (Å²) in [6.45, 7) is 0. The zero-order chi connectivity index (χ0) is 15.5. The molecule has 0 aliphatic rings. The first-order chi connectivity index (χ1) is 10.6. The van der Waals surface area contributed by atoms with Gasteiger partial charge in [-0.15, -0.1) is 21.5 Å². The number of carbonyl (C=O) groups excluding carboxylic acids is 1. The summed E-state index contributed by atoms with van der Waals surface area (Å²) < 4.78 is 0. The Bertz CT molecular complexity index is 856. The highest BCUT2D eigenvalue weighted by Gasteiger charge is 2.08. The lowest BCUT2D eigenvalue weighted by molar-refractivity contribution is 0.100. The molecule has 1 amide bonds. The number of primary amides is 1. The second kappa shape index (κ2) is 5.78. The van der Waals surface area contributed by atoms with Gasteiger partial charge < -0.3 is 11.1 Å². The van der Waals surface area contributed by atoms with Gasteiger partial charge >= 0.3 is 0 Å². The molecule has 0 atom stereocenters. The Morgan fingerprint density at radius 1 is 1.18 bits per heavy atom. The van der Waals surface area contributed by atoms with Crippen molar-refractivity contribution in [3.8, 4) is 10.6 Å². The van der Waals surface area contributed by atoms with E-state index < -0.39 is 5.91 Å². The predicted octanol–water partition coefficient (Wildman–Crippen LogP) is 1.74. The van der Waals surface area contributed by atoms with E-state index in [9.17, 15) is 9.59 Å². The van der Waals surface area contributed by atoms with E-state index in [0.717, 1.165) is 4.88 Å². The van der Waals surface area contributed by atoms with Crippen molar-refractivity contribution in [3.05, 3.63) is 57.7 Å². The number of rotatable bonds is 4. The third-order valence-electron chi connectivity index (χ3n) is 2.88. The van der Waals surface area contributed by atoms with Crippen molar-refractivity contribution < 1.29 is 4.79 Å². The van der Waals surface area contributed by atoms with Gasteiger partial charge in [0, 0.05) is 11.3 Å². The van der Waals surface area contributed by atoms with E-state index in [2.05, 4.69) is 20.5 Å². The Kier molecular flexibility index (Phi) is 3.67. The molecule has 4 N–H and O–H groups in total. The fourth-order valence-corrected chi connectivity index (χ4v) is 2.53. The summed E-state index contributed by atoms with van der Waals surface area (Å²) in [4.78, 5) is 26.4. The highest BCUT2D eigenvalue weighted by molar-refractivity contribution is 7.13. The number of amides is 1. The molecule has 3 rings (SSSR count). The van der Waals surface area contributed by atoms with Crippen molar-refractivity contribution >= 4 is 28.9 Å². The highest BCUT2D eigenvalue weighted by Crippen LogP contribution is 2.19. The van der Waals surface area contributed by atoms with Crippen LogP contribution in [0, 0.1) is 0 Å². The number of nitrogens with two attached hydrogens (primary N) is 1. The average Bonchev–Trinajstić information content (AvgIpc) is 3.02. The Morgan fingerprint density at radius 3 is 2.55 bits per heavy atom. The van der Waals surface area contributed by atoms with Gasteiger partial charge in [0.2, 0.25) is 11.9 Å². The molecular weight excluding hydrogens is 302 g/mol. The van der Waals surface area contributed by atoms with Gasteiger partial charge in [-0.2, -0.15) is 0 Å². The SMILES string of the molecule is NC(=O)c1ccc(Nc2nnc(-c3cccs3)c(=O)[nH]2)cc1. The normalized spacial score (nSPS) is 10.4. The fourth-order valence-electron chi connectivity index (χ4n) is 1.82. The van der Waals surface area contributed by atoms with Crippen molar-refractivity contribution in [2.45, 2.75) is 0 Å². The molecular formula is C14H11N5O2S. The lowest BCUT2D eigenvalue weighted by Gasteiger charge is -2.05. The average molecular weight is 313 g/mol. The Hall–Kier alpha value is -3.00. The number of hydrogen-bond donors (Lipinski definition) is 3. The molecule has 0 spiro atoms. The van der Waals surface area contributed by atoms with Crippen LogP contribution < -0.4 is 16.6 Å². The standard InChI is InChI=1S/C14H11N5O2S/c15-12(20)8-3-5-9(6-4-8)16-14-17-13(21)11(18-19-14)10-2-1-7-22-10/h1-7H,(H2,15,20)(H2,16,17,19,21). The second-order valence-corrected chi connectivity index (χ2v) is 5.34. The van der Waals surface area contributed by atoms with Crippen LogP contribution in [0.4, 0.5) is 11.6 Å². The first-order valence-electron chi connectivity index (χ1n) is 6.31. The number of H-pyrrole nitrogens is 1. The van der Waals surface area contributed by atoms with Crippen LogP contribution in [0.3, 0.4) is 0 Å². The summed E-state index contributed by atoms with van der Waals surface area (Å²) in [6, 6.07) is 10.1. The van der Waals surface area contributed by atoms with Gasteiger partial charge in [0.1, 0.15) is 0 Å². The van der Waals surface area contributed by atoms with Crippen LogP contribution in [0.2, 0.25) is 0 Å². The van der Waals surface area contributed by atoms with Crippen molar-refractivity contribution in [2.75, 3.05) is 5.32 Å². The minimum Gasteiger partial charge on any atom is -0.366 e. The van der Waals surface area contributed by atoms with Crippen LogP contribution in [0.1, 0.15) is 10.4 Å². The van der Waals surface area contributed by atoms with E-state index in [4.69, 9.17) is 5.73 Å². The molecule has 3 aromatic rings. The molecule has 2 aromatic heterocycles. The number of carbonyl (C=O) groups is 1. The summed E-state index contributed by atoms with van der Waals surface area (Å²) in [5, 5.41) is 12.7. The lowest BCUT2D eigenvalue weighted by atomic mass is 10.2. The number of aromatic amines is 1. The van der Waals surface area contributed by atoms with Crippen molar-refractivity contribution in [2.24, 2.45) is 5.73 Å². The summed E-state index contributed by atoms with van der Waals surface area (Å²) in [5.74, 6) is -0.280. The third-order valence-corrected chi connectivity index (χ3v) is 3.76. The summed E-state index contributed by atoms with van der Waals surface area (Å²) in [5.41, 5.74) is 6.18. The number of benzene rings is 1. The lowest BCUT2D eigenvalue weighted by Crippen LogP contribution is -2.15. The molecule has 0 aliphatic carbocycles. The smallest absolute Gasteiger partial charge is 0.280 e. The van der Waals surface area contributed by atoms with Gasteiger partial charge in [-0.3, -0.25) is 14.6 Å². The zero-order valence-corrected chi connectivity index (χ0v) is 12.1. The monoisotopic (exact) mass is 313 g/mol. The number of hydrogen-bond acceptors (Lipinski definition) is 6. The highest BCUT2D eigenvalue weighted by atomic mass is 32.1. The van der Waals surface area contributed by atoms with E-state index in [0.29, 0.717) is 11.3 Å². The van der Waals surface area contributed by atoms with Crippen LogP contribution in [-0.2, 0) is 0 Å². The van der Waals surface area contributed by atoms with E-state index in [1.165, 1.54) is 11.3 Å². The molecule has 0 radical (unpaired) electrons. The molecule has 7 nitrogen and oxygen atoms in total. The van der Waals surface area contributed by atoms with Crippen LogP contribution in [0.15, 0.2) is 46.6 Å². The molecule has 1 aromatic carbocycles. The number of aromatic nitrogens is 3. The zero-order valence-electron chi connectivity index (χ0n) is 11.2. The third kappa shape index (κ3) is 2.86. The maximum Gasteiger partial charge on any atom is 0.280 e. The number of anilines is 2. The molecule has 0 saturated carbocycles. The van der Waals surface area contributed by atoms with Gasteiger partial charge in [0.15, 0.2) is 5.69 Å². The molecule has 0 fully saturated rings. The van der Waals surface area contributed by atoms with Crippen LogP contribution >= 0.6 is 11.3 Å². The van der Waals surface area contributed by atoms with E-state index in [1.807, 2.05) is 11.4 Å². The van der Waals surface area contributed by atoms with Crippen LogP contribution in [0.5, 0.6) is 0 Å². The maximum atomic E-state index is 12.0. The molecule has 0 unspecified atom stereocenters. The maximum absolute atomic E-state index is 12.0. The van der Waals surface area contributed by atoms with Gasteiger partial charge in [-0.25, -0.2) is 0 Å². The summed E-state index contributed by atoms with van der Waals surface area (Å²) in [6.07, 6.45) is 0. The topological polar surface area (TPSA) is 114 Å². The molecule has 0 saturated heterocycles. The first kappa shape index (κ1) is 14.0. The minimum atomic E-state index is -0.500.